The third kappa shape index (κ3) is 3.76. The first-order chi connectivity index (χ1) is 9.51. The Kier molecular flexibility index (Phi) is 5.62. The first-order valence-electron chi connectivity index (χ1n) is 5.45. The van der Waals surface area contributed by atoms with E-state index >= 15 is 0 Å². The molecule has 0 aliphatic heterocycles. The maximum Gasteiger partial charge on any atom is 0.318 e. The number of nitrogens with zero attached hydrogens (tertiary/aromatic N) is 2. The van der Waals surface area contributed by atoms with Crippen LogP contribution in [0.3, 0.4) is 0 Å². The molecule has 10 nitrogen and oxygen atoms in total. The summed E-state index contributed by atoms with van der Waals surface area (Å²) in [6.45, 7) is -1.17. The van der Waals surface area contributed by atoms with Crippen LogP contribution in [0.2, 0.25) is 0 Å². The second-order valence-electron chi connectivity index (χ2n) is 3.45. The van der Waals surface area contributed by atoms with Crippen molar-refractivity contribution in [1.29, 1.82) is 0 Å². The predicted octanol–water partition coefficient (Wildman–Crippen LogP) is 0.245. The average Bonchev–Trinajstić information content (AvgIpc) is 2.41. The van der Waals surface area contributed by atoms with Gasteiger partial charge in [0.15, 0.2) is 0 Å². The van der Waals surface area contributed by atoms with Crippen molar-refractivity contribution in [1.82, 2.24) is 0 Å². The highest BCUT2D eigenvalue weighted by molar-refractivity contribution is 5.61. The quantitative estimate of drug-likeness (QED) is 0.511. The average molecular weight is 288 g/mol. The maximum absolute atomic E-state index is 10.8. The van der Waals surface area contributed by atoms with Crippen LogP contribution in [0.1, 0.15) is 0 Å². The second-order valence-corrected chi connectivity index (χ2v) is 3.45. The van der Waals surface area contributed by atoms with E-state index < -0.39 is 21.2 Å². The molecule has 2 N–H and O–H groups in total. The number of hydrogen-bond donors (Lipinski definition) is 2. The molecule has 0 aromatic heterocycles. The molecule has 0 heterocycles. The van der Waals surface area contributed by atoms with Crippen LogP contribution in [0, 0.1) is 20.2 Å². The fraction of sp³-hybridized carbons (Fsp3) is 0.400. The van der Waals surface area contributed by atoms with Crippen LogP contribution in [-0.4, -0.2) is 46.5 Å². The van der Waals surface area contributed by atoms with Crippen LogP contribution in [-0.2, 0) is 0 Å². The van der Waals surface area contributed by atoms with Gasteiger partial charge in [0.1, 0.15) is 19.3 Å². The van der Waals surface area contributed by atoms with Gasteiger partial charge in [-0.1, -0.05) is 0 Å². The molecule has 0 radical (unpaired) electrons. The van der Waals surface area contributed by atoms with Crippen molar-refractivity contribution in [3.05, 3.63) is 32.4 Å². The number of rotatable bonds is 8. The molecule has 1 aromatic rings. The Balaban J connectivity index is 3.27. The van der Waals surface area contributed by atoms with Crippen molar-refractivity contribution in [3.63, 3.8) is 0 Å². The number of benzene rings is 1. The standard InChI is InChI=1S/C10H12N2O8/c13-1-3-19-9-6-10(20-4-2-14)8(12(17)18)5-7(9)11(15)16/h5-6,13-14H,1-4H2. The third-order valence-corrected chi connectivity index (χ3v) is 2.13. The van der Waals surface area contributed by atoms with E-state index in [0.29, 0.717) is 6.07 Å². The molecule has 0 saturated heterocycles. The van der Waals surface area contributed by atoms with Crippen LogP contribution < -0.4 is 9.47 Å². The Labute approximate surface area is 112 Å². The normalized spacial score (nSPS) is 10.1. The Bertz CT molecular complexity index is 463. The van der Waals surface area contributed by atoms with Crippen molar-refractivity contribution < 1.29 is 29.5 Å². The minimum absolute atomic E-state index is 0.210. The smallest absolute Gasteiger partial charge is 0.318 e. The number of hydrogen-bond acceptors (Lipinski definition) is 8. The molecule has 0 atom stereocenters. The summed E-state index contributed by atoms with van der Waals surface area (Å²) in [5, 5.41) is 39.0. The van der Waals surface area contributed by atoms with Crippen LogP contribution in [0.15, 0.2) is 12.1 Å². The van der Waals surface area contributed by atoms with E-state index in [4.69, 9.17) is 19.7 Å². The molecule has 0 aliphatic rings. The lowest BCUT2D eigenvalue weighted by Crippen LogP contribution is -2.07. The van der Waals surface area contributed by atoms with Gasteiger partial charge in [-0.3, -0.25) is 20.2 Å². The van der Waals surface area contributed by atoms with Gasteiger partial charge in [0.05, 0.1) is 23.1 Å². The van der Waals surface area contributed by atoms with E-state index in [2.05, 4.69) is 0 Å². The van der Waals surface area contributed by atoms with E-state index in [-0.39, 0.29) is 37.9 Å². The minimum atomic E-state index is -0.838. The number of aliphatic hydroxyl groups is 2. The molecule has 10 heteroatoms. The summed E-state index contributed by atoms with van der Waals surface area (Å²) in [7, 11) is 0. The summed E-state index contributed by atoms with van der Waals surface area (Å²) in [6.07, 6.45) is 0. The van der Waals surface area contributed by atoms with E-state index in [1.165, 1.54) is 0 Å². The molecule has 20 heavy (non-hydrogen) atoms. The molecule has 0 bridgehead atoms. The molecule has 0 unspecified atom stereocenters. The van der Waals surface area contributed by atoms with E-state index in [1.54, 1.807) is 0 Å². The summed E-state index contributed by atoms with van der Waals surface area (Å²) >= 11 is 0. The fourth-order valence-electron chi connectivity index (χ4n) is 1.37. The van der Waals surface area contributed by atoms with Gasteiger partial charge in [0.25, 0.3) is 0 Å². The highest BCUT2D eigenvalue weighted by atomic mass is 16.6. The molecule has 0 saturated carbocycles. The van der Waals surface area contributed by atoms with Gasteiger partial charge >= 0.3 is 11.4 Å². The molecule has 110 valence electrons. The summed E-state index contributed by atoms with van der Waals surface area (Å²) in [5.74, 6) is -0.523. The number of nitro benzene ring substituents is 2. The van der Waals surface area contributed by atoms with E-state index in [9.17, 15) is 20.2 Å². The van der Waals surface area contributed by atoms with Gasteiger partial charge < -0.3 is 19.7 Å². The Morgan fingerprint density at radius 3 is 1.60 bits per heavy atom. The predicted molar refractivity (Wildman–Crippen MR) is 64.9 cm³/mol. The van der Waals surface area contributed by atoms with Crippen molar-refractivity contribution in [3.8, 4) is 11.5 Å². The largest absolute Gasteiger partial charge is 0.484 e. The number of nitro groups is 2. The SMILES string of the molecule is O=[N+]([O-])c1cc([N+](=O)[O-])c(OCCO)cc1OCCO. The summed E-state index contributed by atoms with van der Waals surface area (Å²) in [5.41, 5.74) is -1.22. The van der Waals surface area contributed by atoms with Crippen molar-refractivity contribution >= 4 is 11.4 Å². The van der Waals surface area contributed by atoms with E-state index in [0.717, 1.165) is 6.07 Å². The maximum atomic E-state index is 10.8. The number of ether oxygens (including phenoxy) is 2. The van der Waals surface area contributed by atoms with E-state index in [1.807, 2.05) is 0 Å². The topological polar surface area (TPSA) is 145 Å². The first kappa shape index (κ1) is 15.6. The van der Waals surface area contributed by atoms with Crippen molar-refractivity contribution in [2.45, 2.75) is 0 Å². The summed E-state index contributed by atoms with van der Waals surface area (Å²) in [6, 6.07) is 1.70. The third-order valence-electron chi connectivity index (χ3n) is 2.13. The van der Waals surface area contributed by atoms with Gasteiger partial charge in [-0.2, -0.15) is 0 Å². The highest BCUT2D eigenvalue weighted by Gasteiger charge is 2.26. The zero-order valence-electron chi connectivity index (χ0n) is 10.2. The van der Waals surface area contributed by atoms with Gasteiger partial charge in [0.2, 0.25) is 11.5 Å². The van der Waals surface area contributed by atoms with Crippen LogP contribution in [0.4, 0.5) is 11.4 Å². The van der Waals surface area contributed by atoms with Crippen LogP contribution in [0.25, 0.3) is 0 Å². The van der Waals surface area contributed by atoms with Gasteiger partial charge in [-0.15, -0.1) is 0 Å². The minimum Gasteiger partial charge on any atom is -0.484 e. The summed E-state index contributed by atoms with van der Waals surface area (Å²) in [4.78, 5) is 20.0. The number of aliphatic hydroxyl groups excluding tert-OH is 2. The second kappa shape index (κ2) is 7.21. The van der Waals surface area contributed by atoms with Crippen LogP contribution >= 0.6 is 0 Å². The zero-order valence-corrected chi connectivity index (χ0v) is 10.2. The lowest BCUT2D eigenvalue weighted by atomic mass is 10.2. The van der Waals surface area contributed by atoms with Crippen LogP contribution in [0.5, 0.6) is 11.5 Å². The van der Waals surface area contributed by atoms with Crippen molar-refractivity contribution in [2.24, 2.45) is 0 Å². The Morgan fingerprint density at radius 1 is 0.900 bits per heavy atom. The Morgan fingerprint density at radius 2 is 1.30 bits per heavy atom. The molecule has 0 amide bonds. The lowest BCUT2D eigenvalue weighted by Gasteiger charge is -2.09. The Hall–Kier alpha value is -2.46. The molecular weight excluding hydrogens is 276 g/mol. The molecular formula is C10H12N2O8. The molecule has 0 aliphatic carbocycles. The summed E-state index contributed by atoms with van der Waals surface area (Å²) < 4.78 is 9.89. The molecule has 1 aromatic carbocycles. The first-order valence-corrected chi connectivity index (χ1v) is 5.45. The highest BCUT2D eigenvalue weighted by Crippen LogP contribution is 2.39. The molecule has 0 spiro atoms. The molecule has 0 fully saturated rings. The van der Waals surface area contributed by atoms with Gasteiger partial charge in [-0.05, 0) is 0 Å². The lowest BCUT2D eigenvalue weighted by molar-refractivity contribution is -0.395. The zero-order chi connectivity index (χ0) is 15.1. The van der Waals surface area contributed by atoms with Gasteiger partial charge in [0, 0.05) is 6.07 Å². The fourth-order valence-corrected chi connectivity index (χ4v) is 1.37. The monoisotopic (exact) mass is 288 g/mol. The van der Waals surface area contributed by atoms with Crippen molar-refractivity contribution in [2.75, 3.05) is 26.4 Å². The molecule has 1 rings (SSSR count). The van der Waals surface area contributed by atoms with Gasteiger partial charge in [-0.25, -0.2) is 0 Å².